The first-order valence-electron chi connectivity index (χ1n) is 10.6. The van der Waals surface area contributed by atoms with Crippen LogP contribution in [0.15, 0.2) is 42.5 Å². The Kier molecular flexibility index (Phi) is 7.80. The van der Waals surface area contributed by atoms with Gasteiger partial charge >= 0.3 is 0 Å². The second-order valence-corrected chi connectivity index (χ2v) is 8.34. The maximum absolute atomic E-state index is 13.2. The van der Waals surface area contributed by atoms with E-state index in [-0.39, 0.29) is 30.8 Å². The van der Waals surface area contributed by atoms with Crippen LogP contribution in [0.3, 0.4) is 0 Å². The van der Waals surface area contributed by atoms with Crippen molar-refractivity contribution >= 4 is 23.4 Å². The summed E-state index contributed by atoms with van der Waals surface area (Å²) in [6.07, 6.45) is 0.802. The van der Waals surface area contributed by atoms with Gasteiger partial charge < -0.3 is 19.7 Å². The maximum atomic E-state index is 13.2. The molecule has 3 rings (SSSR count). The van der Waals surface area contributed by atoms with Crippen LogP contribution in [0.25, 0.3) is 0 Å². The average Bonchev–Trinajstić information content (AvgIpc) is 2.76. The molecule has 6 nitrogen and oxygen atoms in total. The number of rotatable bonds is 8. The van der Waals surface area contributed by atoms with Crippen molar-refractivity contribution in [2.75, 3.05) is 13.2 Å². The molecular formula is C24H29ClN2O4. The zero-order chi connectivity index (χ0) is 22.4. The number of fused-ring (bicyclic) bond motifs is 1. The number of aryl methyl sites for hydroxylation is 1. The Bertz CT molecular complexity index is 932. The zero-order valence-corrected chi connectivity index (χ0v) is 18.9. The van der Waals surface area contributed by atoms with Crippen LogP contribution in [0.1, 0.15) is 38.3 Å². The fraction of sp³-hybridized carbons (Fsp3) is 0.417. The maximum Gasteiger partial charge on any atom is 0.242 e. The average molecular weight is 445 g/mol. The van der Waals surface area contributed by atoms with E-state index in [4.69, 9.17) is 21.1 Å². The van der Waals surface area contributed by atoms with Gasteiger partial charge in [-0.25, -0.2) is 0 Å². The topological polar surface area (TPSA) is 67.9 Å². The van der Waals surface area contributed by atoms with Crippen LogP contribution < -0.4 is 14.8 Å². The molecule has 7 heteroatoms. The molecule has 0 aromatic heterocycles. The van der Waals surface area contributed by atoms with E-state index in [1.54, 1.807) is 17.9 Å². The van der Waals surface area contributed by atoms with Crippen molar-refractivity contribution in [2.24, 2.45) is 0 Å². The number of halogens is 1. The summed E-state index contributed by atoms with van der Waals surface area (Å²) >= 11 is 6.32. The molecule has 0 bridgehead atoms. The summed E-state index contributed by atoms with van der Waals surface area (Å²) in [5, 5.41) is 3.46. The zero-order valence-electron chi connectivity index (χ0n) is 18.2. The summed E-state index contributed by atoms with van der Waals surface area (Å²) in [5.74, 6) is 1.13. The van der Waals surface area contributed by atoms with Gasteiger partial charge in [0.15, 0.2) is 11.5 Å². The molecule has 2 aromatic carbocycles. The van der Waals surface area contributed by atoms with Gasteiger partial charge in [0.05, 0.1) is 0 Å². The van der Waals surface area contributed by atoms with Gasteiger partial charge in [0.2, 0.25) is 11.8 Å². The predicted molar refractivity (Wildman–Crippen MR) is 120 cm³/mol. The lowest BCUT2D eigenvalue weighted by Crippen LogP contribution is -2.49. The Morgan fingerprint density at radius 1 is 1.06 bits per heavy atom. The van der Waals surface area contributed by atoms with Crippen molar-refractivity contribution in [1.82, 2.24) is 10.2 Å². The molecule has 0 aliphatic carbocycles. The fourth-order valence-corrected chi connectivity index (χ4v) is 3.63. The van der Waals surface area contributed by atoms with E-state index >= 15 is 0 Å². The van der Waals surface area contributed by atoms with E-state index in [2.05, 4.69) is 5.32 Å². The van der Waals surface area contributed by atoms with Gasteiger partial charge in [-0.05, 0) is 56.5 Å². The number of hydrogen-bond acceptors (Lipinski definition) is 4. The smallest absolute Gasteiger partial charge is 0.242 e. The summed E-state index contributed by atoms with van der Waals surface area (Å²) in [7, 11) is 0. The number of nitrogens with one attached hydrogen (secondary N) is 1. The van der Waals surface area contributed by atoms with Crippen LogP contribution in [-0.2, 0) is 22.6 Å². The SMILES string of the molecule is CC(C)NC(=O)[C@H](C)N(Cc1ccccc1Cl)C(=O)CCc1ccc2c(c1)OCCO2. The first kappa shape index (κ1) is 22.9. The Morgan fingerprint density at radius 3 is 2.48 bits per heavy atom. The molecule has 0 fully saturated rings. The van der Waals surface area contributed by atoms with Crippen LogP contribution >= 0.6 is 11.6 Å². The standard InChI is InChI=1S/C24H29ClN2O4/c1-16(2)26-24(29)17(3)27(15-19-6-4-5-7-20(19)25)23(28)11-9-18-8-10-21-22(14-18)31-13-12-30-21/h4-8,10,14,16-17H,9,11-13,15H2,1-3H3,(H,26,29)/t17-/m0/s1. The molecule has 1 N–H and O–H groups in total. The monoisotopic (exact) mass is 444 g/mol. The molecule has 2 amide bonds. The third-order valence-corrected chi connectivity index (χ3v) is 5.50. The van der Waals surface area contributed by atoms with E-state index in [1.807, 2.05) is 50.2 Å². The van der Waals surface area contributed by atoms with Gasteiger partial charge in [-0.2, -0.15) is 0 Å². The molecule has 0 radical (unpaired) electrons. The molecule has 1 atom stereocenters. The molecule has 166 valence electrons. The Morgan fingerprint density at radius 2 is 1.77 bits per heavy atom. The number of hydrogen-bond donors (Lipinski definition) is 1. The highest BCUT2D eigenvalue weighted by molar-refractivity contribution is 6.31. The van der Waals surface area contributed by atoms with E-state index in [1.165, 1.54) is 0 Å². The number of carbonyl (C=O) groups is 2. The Labute approximate surface area is 188 Å². The minimum Gasteiger partial charge on any atom is -0.486 e. The van der Waals surface area contributed by atoms with Crippen LogP contribution in [0.4, 0.5) is 0 Å². The lowest BCUT2D eigenvalue weighted by Gasteiger charge is -2.30. The number of ether oxygens (including phenoxy) is 2. The van der Waals surface area contributed by atoms with Crippen LogP contribution in [0.2, 0.25) is 5.02 Å². The van der Waals surface area contributed by atoms with Gasteiger partial charge in [-0.3, -0.25) is 9.59 Å². The third-order valence-electron chi connectivity index (χ3n) is 5.13. The Hall–Kier alpha value is -2.73. The predicted octanol–water partition coefficient (Wildman–Crippen LogP) is 3.99. The van der Waals surface area contributed by atoms with Crippen LogP contribution in [-0.4, -0.2) is 42.0 Å². The van der Waals surface area contributed by atoms with Crippen molar-refractivity contribution in [2.45, 2.75) is 52.2 Å². The Balaban J connectivity index is 1.73. The molecule has 1 heterocycles. The fourth-order valence-electron chi connectivity index (χ4n) is 3.44. The van der Waals surface area contributed by atoms with Gasteiger partial charge in [0.1, 0.15) is 19.3 Å². The highest BCUT2D eigenvalue weighted by Crippen LogP contribution is 2.31. The lowest BCUT2D eigenvalue weighted by molar-refractivity contribution is -0.140. The number of nitrogens with zero attached hydrogens (tertiary/aromatic N) is 1. The van der Waals surface area contributed by atoms with E-state index < -0.39 is 6.04 Å². The van der Waals surface area contributed by atoms with Gasteiger partial charge in [0.25, 0.3) is 0 Å². The third kappa shape index (κ3) is 6.14. The molecule has 0 saturated carbocycles. The lowest BCUT2D eigenvalue weighted by atomic mass is 10.1. The highest BCUT2D eigenvalue weighted by Gasteiger charge is 2.27. The van der Waals surface area contributed by atoms with E-state index in [9.17, 15) is 9.59 Å². The van der Waals surface area contributed by atoms with Crippen molar-refractivity contribution in [1.29, 1.82) is 0 Å². The first-order valence-corrected chi connectivity index (χ1v) is 10.9. The molecule has 0 spiro atoms. The summed E-state index contributed by atoms with van der Waals surface area (Å²) < 4.78 is 11.2. The van der Waals surface area contributed by atoms with E-state index in [0.29, 0.717) is 30.4 Å². The number of carbonyl (C=O) groups excluding carboxylic acids is 2. The van der Waals surface area contributed by atoms with Gasteiger partial charge in [-0.1, -0.05) is 35.9 Å². The molecule has 31 heavy (non-hydrogen) atoms. The summed E-state index contributed by atoms with van der Waals surface area (Å²) in [6.45, 7) is 6.87. The second kappa shape index (κ2) is 10.5. The number of benzene rings is 2. The van der Waals surface area contributed by atoms with Crippen LogP contribution in [0, 0.1) is 0 Å². The molecule has 0 saturated heterocycles. The van der Waals surface area contributed by atoms with Crippen molar-refractivity contribution in [3.05, 3.63) is 58.6 Å². The van der Waals surface area contributed by atoms with Crippen LogP contribution in [0.5, 0.6) is 11.5 Å². The van der Waals surface area contributed by atoms with Crippen molar-refractivity contribution < 1.29 is 19.1 Å². The largest absolute Gasteiger partial charge is 0.486 e. The quantitative estimate of drug-likeness (QED) is 0.668. The molecule has 1 aliphatic heterocycles. The first-order chi connectivity index (χ1) is 14.8. The summed E-state index contributed by atoms with van der Waals surface area (Å²) in [6, 6.07) is 12.5. The molecule has 1 aliphatic rings. The normalized spacial score (nSPS) is 13.6. The minimum absolute atomic E-state index is 0.00932. The second-order valence-electron chi connectivity index (χ2n) is 7.93. The van der Waals surface area contributed by atoms with Gasteiger partial charge in [-0.15, -0.1) is 0 Å². The van der Waals surface area contributed by atoms with Crippen molar-refractivity contribution in [3.63, 3.8) is 0 Å². The minimum atomic E-state index is -0.619. The van der Waals surface area contributed by atoms with E-state index in [0.717, 1.165) is 16.9 Å². The molecule has 2 aromatic rings. The highest BCUT2D eigenvalue weighted by atomic mass is 35.5. The summed E-state index contributed by atoms with van der Waals surface area (Å²) in [4.78, 5) is 27.4. The van der Waals surface area contributed by atoms with Gasteiger partial charge in [0, 0.05) is 24.0 Å². The van der Waals surface area contributed by atoms with Crippen molar-refractivity contribution in [3.8, 4) is 11.5 Å². The summed E-state index contributed by atoms with van der Waals surface area (Å²) in [5.41, 5.74) is 1.79. The molecule has 0 unspecified atom stereocenters. The molecular weight excluding hydrogens is 416 g/mol. The number of amides is 2.